The van der Waals surface area contributed by atoms with Crippen molar-refractivity contribution < 1.29 is 9.59 Å². The van der Waals surface area contributed by atoms with E-state index in [1.807, 2.05) is 59.5 Å². The van der Waals surface area contributed by atoms with E-state index in [0.717, 1.165) is 28.1 Å². The maximum Gasteiger partial charge on any atom is 0.265 e. The number of fused-ring (bicyclic) bond motifs is 1. The van der Waals surface area contributed by atoms with Crippen LogP contribution in [0.3, 0.4) is 0 Å². The van der Waals surface area contributed by atoms with Crippen LogP contribution >= 0.6 is 11.8 Å². The monoisotopic (exact) mass is 496 g/mol. The highest BCUT2D eigenvalue weighted by Gasteiger charge is 2.29. The highest BCUT2D eigenvalue weighted by atomic mass is 32.2. The normalized spacial score (nSPS) is 20.8. The molecule has 2 amide bonds. The molecule has 1 saturated carbocycles. The van der Waals surface area contributed by atoms with Crippen molar-refractivity contribution in [3.8, 4) is 0 Å². The van der Waals surface area contributed by atoms with E-state index in [0.29, 0.717) is 22.9 Å². The average Bonchev–Trinajstić information content (AvgIpc) is 2.88. The van der Waals surface area contributed by atoms with E-state index >= 15 is 0 Å². The van der Waals surface area contributed by atoms with Gasteiger partial charge < -0.3 is 10.2 Å². The Bertz CT molecular complexity index is 1300. The number of rotatable bonds is 5. The Hall–Kier alpha value is -3.31. The van der Waals surface area contributed by atoms with Gasteiger partial charge in [0.15, 0.2) is 0 Å². The van der Waals surface area contributed by atoms with Crippen molar-refractivity contribution in [3.05, 3.63) is 100.0 Å². The zero-order chi connectivity index (χ0) is 25.1. The average molecular weight is 497 g/mol. The minimum Gasteiger partial charge on any atom is -0.349 e. The summed E-state index contributed by atoms with van der Waals surface area (Å²) in [5.74, 6) is 0.495. The van der Waals surface area contributed by atoms with Gasteiger partial charge in [0.2, 0.25) is 0 Å². The first-order valence-electron chi connectivity index (χ1n) is 12.7. The first kappa shape index (κ1) is 24.4. The van der Waals surface area contributed by atoms with Gasteiger partial charge in [0.05, 0.1) is 17.1 Å². The predicted molar refractivity (Wildman–Crippen MR) is 148 cm³/mol. The van der Waals surface area contributed by atoms with Gasteiger partial charge in [-0.15, -0.1) is 0 Å². The van der Waals surface area contributed by atoms with Crippen LogP contribution in [0.25, 0.3) is 6.08 Å². The molecule has 1 N–H and O–H groups in total. The molecule has 0 unspecified atom stereocenters. The van der Waals surface area contributed by atoms with Crippen molar-refractivity contribution in [2.75, 3.05) is 4.90 Å². The summed E-state index contributed by atoms with van der Waals surface area (Å²) in [4.78, 5) is 30.0. The first-order chi connectivity index (χ1) is 17.5. The molecule has 0 aromatic heterocycles. The van der Waals surface area contributed by atoms with Gasteiger partial charge >= 0.3 is 0 Å². The summed E-state index contributed by atoms with van der Waals surface area (Å²) >= 11 is 1.50. The molecule has 2 aliphatic rings. The van der Waals surface area contributed by atoms with Gasteiger partial charge in [0, 0.05) is 16.5 Å². The van der Waals surface area contributed by atoms with Crippen LogP contribution in [-0.2, 0) is 11.3 Å². The highest BCUT2D eigenvalue weighted by molar-refractivity contribution is 8.04. The summed E-state index contributed by atoms with van der Waals surface area (Å²) in [5.41, 5.74) is 4.78. The maximum absolute atomic E-state index is 13.6. The predicted octanol–water partition coefficient (Wildman–Crippen LogP) is 6.98. The van der Waals surface area contributed by atoms with Crippen molar-refractivity contribution in [2.45, 2.75) is 57.0 Å². The molecule has 0 radical (unpaired) electrons. The third-order valence-electron chi connectivity index (χ3n) is 7.15. The van der Waals surface area contributed by atoms with Crippen LogP contribution in [0.5, 0.6) is 0 Å². The molecule has 1 fully saturated rings. The zero-order valence-corrected chi connectivity index (χ0v) is 21.7. The highest BCUT2D eigenvalue weighted by Crippen LogP contribution is 2.42. The molecule has 3 aromatic carbocycles. The molecule has 0 spiro atoms. The minimum atomic E-state index is -0.0191. The molecule has 5 rings (SSSR count). The fourth-order valence-corrected chi connectivity index (χ4v) is 6.14. The molecule has 2 atom stereocenters. The van der Waals surface area contributed by atoms with Crippen LogP contribution in [0.15, 0.2) is 82.6 Å². The largest absolute Gasteiger partial charge is 0.349 e. The van der Waals surface area contributed by atoms with Crippen molar-refractivity contribution in [1.82, 2.24) is 5.32 Å². The van der Waals surface area contributed by atoms with E-state index in [1.54, 1.807) is 0 Å². The third-order valence-corrected chi connectivity index (χ3v) is 8.23. The van der Waals surface area contributed by atoms with Crippen LogP contribution in [-0.4, -0.2) is 17.9 Å². The van der Waals surface area contributed by atoms with E-state index < -0.39 is 0 Å². The molecule has 0 bridgehead atoms. The number of carbonyl (C=O) groups excluding carboxylic acids is 2. The van der Waals surface area contributed by atoms with Gasteiger partial charge in [-0.05, 0) is 67.2 Å². The molecule has 4 nitrogen and oxygen atoms in total. The standard InChI is InChI=1S/C31H32N2O2S/c1-21-8-7-10-24(18-21)20-33-27-12-5-6-13-28(27)36-29(31(33)35)19-23-14-16-25(17-15-23)30(34)32-26-11-4-3-9-22(26)2/h5-8,10,12-19,22,26H,3-4,9,11,20H2,1-2H3,(H,32,34)/b29-19+/t22-,26-/m0/s1. The second-order valence-corrected chi connectivity index (χ2v) is 11.0. The quantitative estimate of drug-likeness (QED) is 0.388. The van der Waals surface area contributed by atoms with E-state index in [2.05, 4.69) is 43.4 Å². The lowest BCUT2D eigenvalue weighted by molar-refractivity contribution is -0.114. The van der Waals surface area contributed by atoms with Crippen molar-refractivity contribution in [2.24, 2.45) is 5.92 Å². The van der Waals surface area contributed by atoms with Crippen LogP contribution in [0, 0.1) is 12.8 Å². The van der Waals surface area contributed by atoms with E-state index in [1.165, 1.54) is 36.6 Å². The summed E-state index contributed by atoms with van der Waals surface area (Å²) in [6, 6.07) is 24.1. The molecule has 184 valence electrons. The molecule has 3 aromatic rings. The lowest BCUT2D eigenvalue weighted by Crippen LogP contribution is -2.41. The Morgan fingerprint density at radius 1 is 1.03 bits per heavy atom. The van der Waals surface area contributed by atoms with Crippen molar-refractivity contribution >= 4 is 35.3 Å². The number of hydrogen-bond donors (Lipinski definition) is 1. The minimum absolute atomic E-state index is 0.00619. The fraction of sp³-hybridized carbons (Fsp3) is 0.290. The van der Waals surface area contributed by atoms with E-state index in [-0.39, 0.29) is 17.9 Å². The maximum atomic E-state index is 13.6. The molecule has 1 aliphatic heterocycles. The molecule has 36 heavy (non-hydrogen) atoms. The lowest BCUT2D eigenvalue weighted by Gasteiger charge is -2.30. The fourth-order valence-electron chi connectivity index (χ4n) is 5.08. The van der Waals surface area contributed by atoms with Crippen LogP contribution in [0.2, 0.25) is 0 Å². The van der Waals surface area contributed by atoms with Crippen LogP contribution in [0.4, 0.5) is 5.69 Å². The summed E-state index contributed by atoms with van der Waals surface area (Å²) in [6.07, 6.45) is 6.58. The Kier molecular flexibility index (Phi) is 7.28. The Morgan fingerprint density at radius 3 is 2.58 bits per heavy atom. The number of hydrogen-bond acceptors (Lipinski definition) is 3. The number of anilines is 1. The Morgan fingerprint density at radius 2 is 1.81 bits per heavy atom. The zero-order valence-electron chi connectivity index (χ0n) is 20.9. The van der Waals surface area contributed by atoms with Gasteiger partial charge in [0.25, 0.3) is 11.8 Å². The molecule has 1 aliphatic carbocycles. The van der Waals surface area contributed by atoms with Crippen molar-refractivity contribution in [3.63, 3.8) is 0 Å². The van der Waals surface area contributed by atoms with Gasteiger partial charge in [-0.2, -0.15) is 0 Å². The summed E-state index contributed by atoms with van der Waals surface area (Å²) in [7, 11) is 0. The molecule has 1 heterocycles. The lowest BCUT2D eigenvalue weighted by atomic mass is 9.86. The summed E-state index contributed by atoms with van der Waals surface area (Å²) in [6.45, 7) is 4.81. The van der Waals surface area contributed by atoms with E-state index in [9.17, 15) is 9.59 Å². The number of benzene rings is 3. The van der Waals surface area contributed by atoms with Gasteiger partial charge in [-0.3, -0.25) is 9.59 Å². The van der Waals surface area contributed by atoms with Crippen LogP contribution in [0.1, 0.15) is 59.7 Å². The van der Waals surface area contributed by atoms with Crippen molar-refractivity contribution in [1.29, 1.82) is 0 Å². The SMILES string of the molecule is Cc1cccc(CN2C(=O)/C(=C\c3ccc(C(=O)N[C@H]4CCCC[C@@H]4C)cc3)Sc3ccccc32)c1. The number of amides is 2. The van der Waals surface area contributed by atoms with Crippen LogP contribution < -0.4 is 10.2 Å². The smallest absolute Gasteiger partial charge is 0.265 e. The number of carbonyl (C=O) groups is 2. The number of nitrogens with zero attached hydrogens (tertiary/aromatic N) is 1. The number of aryl methyl sites for hydroxylation is 1. The Labute approximate surface area is 217 Å². The third kappa shape index (κ3) is 5.41. The van der Waals surface area contributed by atoms with Gasteiger partial charge in [-0.25, -0.2) is 0 Å². The van der Waals surface area contributed by atoms with Gasteiger partial charge in [0.1, 0.15) is 0 Å². The summed E-state index contributed by atoms with van der Waals surface area (Å²) < 4.78 is 0. The molecule has 0 saturated heterocycles. The topological polar surface area (TPSA) is 49.4 Å². The molecular formula is C31H32N2O2S. The Balaban J connectivity index is 1.35. The second kappa shape index (κ2) is 10.8. The number of thioether (sulfide) groups is 1. The number of para-hydroxylation sites is 1. The number of nitrogens with one attached hydrogen (secondary N) is 1. The molecule has 5 heteroatoms. The second-order valence-electron chi connectivity index (χ2n) is 9.92. The van der Waals surface area contributed by atoms with E-state index in [4.69, 9.17) is 0 Å². The summed E-state index contributed by atoms with van der Waals surface area (Å²) in [5, 5.41) is 3.22. The van der Waals surface area contributed by atoms with Gasteiger partial charge in [-0.1, -0.05) is 85.6 Å². The first-order valence-corrected chi connectivity index (χ1v) is 13.6. The molecular weight excluding hydrogens is 464 g/mol.